The van der Waals surface area contributed by atoms with Crippen LogP contribution in [0.15, 0.2) is 72.8 Å². The smallest absolute Gasteiger partial charge is 0.331 e. The van der Waals surface area contributed by atoms with Crippen LogP contribution in [0.3, 0.4) is 0 Å². The number of ketones is 1. The molecule has 0 radical (unpaired) electrons. The Morgan fingerprint density at radius 3 is 1.95 bits per heavy atom. The largest absolute Gasteiger partial charge is 0.508 e. The number of phenolic OH excluding ortho intramolecular Hbond substituents is 4. The number of aliphatic hydroxyl groups excluding tert-OH is 3. The number of hydrogen-bond donors (Lipinski definition) is 7. The third-order valence-corrected chi connectivity index (χ3v) is 6.27. The predicted molar refractivity (Wildman–Crippen MR) is 147 cm³/mol. The minimum Gasteiger partial charge on any atom is -0.508 e. The Kier molecular flexibility index (Phi) is 9.45. The van der Waals surface area contributed by atoms with E-state index in [2.05, 4.69) is 0 Å². The molecule has 1 fully saturated rings. The molecule has 1 aliphatic rings. The Labute approximate surface area is 239 Å². The summed E-state index contributed by atoms with van der Waals surface area (Å²) in [7, 11) is 0. The van der Waals surface area contributed by atoms with Crippen molar-refractivity contribution in [3.8, 4) is 28.7 Å². The second-order valence-electron chi connectivity index (χ2n) is 9.28. The summed E-state index contributed by atoms with van der Waals surface area (Å²) < 4.78 is 16.4. The van der Waals surface area contributed by atoms with E-state index in [4.69, 9.17) is 14.2 Å². The molecule has 3 aromatic rings. The summed E-state index contributed by atoms with van der Waals surface area (Å²) in [4.78, 5) is 24.7. The maximum absolute atomic E-state index is 12.4. The average molecular weight is 581 g/mol. The standard InChI is InChI=1S/C30H28O12/c31-15-24-29(42-25(37)12-6-16-1-7-18(32)8-2-16)27(38)28(39)30(41-24)40-20-9-3-17(4-10-20)5-11-21(34)26-22(35)13-19(33)14-23(26)36/h1-14,24,27-33,35-36,38-39H,15H2/b11-5+,12-6?/t24-,27-,28-,29-,30-/m1/s1. The molecule has 220 valence electrons. The first-order valence-corrected chi connectivity index (χ1v) is 12.6. The zero-order valence-corrected chi connectivity index (χ0v) is 21.8. The molecule has 3 aromatic carbocycles. The Hall–Kier alpha value is -4.88. The van der Waals surface area contributed by atoms with Crippen molar-refractivity contribution in [1.82, 2.24) is 0 Å². The summed E-state index contributed by atoms with van der Waals surface area (Å²) >= 11 is 0. The van der Waals surface area contributed by atoms with Crippen LogP contribution in [0.1, 0.15) is 21.5 Å². The Morgan fingerprint density at radius 2 is 1.36 bits per heavy atom. The van der Waals surface area contributed by atoms with E-state index in [1.54, 1.807) is 24.3 Å². The average Bonchev–Trinajstić information content (AvgIpc) is 2.95. The summed E-state index contributed by atoms with van der Waals surface area (Å²) in [6.45, 7) is -0.660. The van der Waals surface area contributed by atoms with E-state index >= 15 is 0 Å². The van der Waals surface area contributed by atoms with Crippen molar-refractivity contribution in [3.63, 3.8) is 0 Å². The lowest BCUT2D eigenvalue weighted by Crippen LogP contribution is -2.61. The minimum absolute atomic E-state index is 0.0591. The first-order valence-electron chi connectivity index (χ1n) is 12.6. The molecule has 0 spiro atoms. The number of allylic oxidation sites excluding steroid dienone is 1. The SMILES string of the molecule is O=C(C=Cc1ccc(O)cc1)O[C@H]1[C@H](O)[C@@H](O)[C@H](Oc2ccc(/C=C/C(=O)c3c(O)cc(O)cc3O)cc2)O[C@@H]1CO. The van der Waals surface area contributed by atoms with Gasteiger partial charge in [0.1, 0.15) is 52.6 Å². The van der Waals surface area contributed by atoms with E-state index in [9.17, 15) is 45.3 Å². The fraction of sp³-hybridized carbons (Fsp3) is 0.200. The topological polar surface area (TPSA) is 203 Å². The first kappa shape index (κ1) is 30.1. The van der Waals surface area contributed by atoms with Crippen molar-refractivity contribution in [2.24, 2.45) is 0 Å². The van der Waals surface area contributed by atoms with Gasteiger partial charge in [0.2, 0.25) is 6.29 Å². The van der Waals surface area contributed by atoms with E-state index in [-0.39, 0.29) is 17.1 Å². The molecule has 0 aromatic heterocycles. The molecule has 7 N–H and O–H groups in total. The number of rotatable bonds is 9. The van der Waals surface area contributed by atoms with Gasteiger partial charge in [0.15, 0.2) is 11.9 Å². The monoisotopic (exact) mass is 580 g/mol. The second-order valence-corrected chi connectivity index (χ2v) is 9.28. The Balaban J connectivity index is 1.36. The van der Waals surface area contributed by atoms with Crippen molar-refractivity contribution >= 4 is 23.9 Å². The number of benzene rings is 3. The van der Waals surface area contributed by atoms with E-state index in [0.717, 1.165) is 24.3 Å². The predicted octanol–water partition coefficient (Wildman–Crippen LogP) is 1.85. The van der Waals surface area contributed by atoms with Crippen LogP contribution in [0.4, 0.5) is 0 Å². The first-order chi connectivity index (χ1) is 20.0. The van der Waals surface area contributed by atoms with E-state index in [0.29, 0.717) is 11.1 Å². The van der Waals surface area contributed by atoms with Crippen molar-refractivity contribution in [2.45, 2.75) is 30.7 Å². The van der Waals surface area contributed by atoms with Crippen LogP contribution in [-0.4, -0.2) is 84.8 Å². The van der Waals surface area contributed by atoms with Gasteiger partial charge in [-0.05, 0) is 47.5 Å². The number of carbonyl (C=O) groups is 2. The lowest BCUT2D eigenvalue weighted by atomic mass is 9.99. The molecule has 12 heteroatoms. The molecule has 0 bridgehead atoms. The quantitative estimate of drug-likeness (QED) is 0.110. The van der Waals surface area contributed by atoms with Gasteiger partial charge in [-0.25, -0.2) is 4.79 Å². The van der Waals surface area contributed by atoms with Crippen LogP contribution in [0, 0.1) is 0 Å². The highest BCUT2D eigenvalue weighted by Gasteiger charge is 2.47. The van der Waals surface area contributed by atoms with Gasteiger partial charge in [-0.15, -0.1) is 0 Å². The maximum atomic E-state index is 12.4. The normalized spacial score (nSPS) is 22.3. The lowest BCUT2D eigenvalue weighted by molar-refractivity contribution is -0.280. The summed E-state index contributed by atoms with van der Waals surface area (Å²) in [5.74, 6) is -2.87. The van der Waals surface area contributed by atoms with Crippen molar-refractivity contribution in [1.29, 1.82) is 0 Å². The highest BCUT2D eigenvalue weighted by molar-refractivity contribution is 6.10. The Bertz CT molecular complexity index is 1440. The van der Waals surface area contributed by atoms with Crippen LogP contribution in [0.25, 0.3) is 12.2 Å². The van der Waals surface area contributed by atoms with E-state index < -0.39 is 66.3 Å². The van der Waals surface area contributed by atoms with Gasteiger partial charge in [-0.2, -0.15) is 0 Å². The van der Waals surface area contributed by atoms with Crippen molar-refractivity contribution in [3.05, 3.63) is 89.5 Å². The van der Waals surface area contributed by atoms with E-state index in [1.165, 1.54) is 36.4 Å². The van der Waals surface area contributed by atoms with Crippen LogP contribution < -0.4 is 4.74 Å². The van der Waals surface area contributed by atoms with Crippen molar-refractivity contribution in [2.75, 3.05) is 6.61 Å². The molecule has 0 aliphatic carbocycles. The molecule has 42 heavy (non-hydrogen) atoms. The second kappa shape index (κ2) is 13.2. The molecule has 12 nitrogen and oxygen atoms in total. The number of aliphatic hydroxyl groups is 3. The zero-order chi connectivity index (χ0) is 30.4. The number of carbonyl (C=O) groups excluding carboxylic acids is 2. The van der Waals surface area contributed by atoms with Gasteiger partial charge in [-0.1, -0.05) is 30.3 Å². The summed E-state index contributed by atoms with van der Waals surface area (Å²) in [6, 6.07) is 13.9. The molecule has 0 unspecified atom stereocenters. The molecule has 1 aliphatic heterocycles. The molecule has 5 atom stereocenters. The van der Waals surface area contributed by atoms with Gasteiger partial charge in [0.05, 0.1) is 6.61 Å². The highest BCUT2D eigenvalue weighted by atomic mass is 16.7. The third-order valence-electron chi connectivity index (χ3n) is 6.27. The van der Waals surface area contributed by atoms with Gasteiger partial charge in [-0.3, -0.25) is 4.79 Å². The molecular formula is C30H28O12. The van der Waals surface area contributed by atoms with E-state index in [1.807, 2.05) is 0 Å². The minimum atomic E-state index is -1.66. The number of esters is 1. The maximum Gasteiger partial charge on any atom is 0.331 e. The molecule has 4 rings (SSSR count). The lowest BCUT2D eigenvalue weighted by Gasteiger charge is -2.41. The molecule has 0 amide bonds. The molecule has 0 saturated carbocycles. The van der Waals surface area contributed by atoms with Gasteiger partial charge < -0.3 is 50.0 Å². The van der Waals surface area contributed by atoms with Gasteiger partial charge in [0, 0.05) is 18.2 Å². The van der Waals surface area contributed by atoms with Crippen LogP contribution >= 0.6 is 0 Å². The Morgan fingerprint density at radius 1 is 0.786 bits per heavy atom. The summed E-state index contributed by atoms with van der Waals surface area (Å²) in [6.07, 6.45) is -2.35. The number of hydrogen-bond acceptors (Lipinski definition) is 12. The number of aromatic hydroxyl groups is 4. The molecule has 1 heterocycles. The fourth-order valence-corrected chi connectivity index (χ4v) is 4.12. The third kappa shape index (κ3) is 7.25. The van der Waals surface area contributed by atoms with Crippen LogP contribution in [-0.2, 0) is 14.3 Å². The molecule has 1 saturated heterocycles. The summed E-state index contributed by atoms with van der Waals surface area (Å²) in [5.41, 5.74) is 0.752. The molecular weight excluding hydrogens is 552 g/mol. The number of ether oxygens (including phenoxy) is 3. The highest BCUT2D eigenvalue weighted by Crippen LogP contribution is 2.32. The van der Waals surface area contributed by atoms with Crippen molar-refractivity contribution < 1.29 is 59.5 Å². The van der Waals surface area contributed by atoms with Crippen LogP contribution in [0.2, 0.25) is 0 Å². The number of phenols is 4. The zero-order valence-electron chi connectivity index (χ0n) is 21.8. The summed E-state index contributed by atoms with van der Waals surface area (Å²) in [5, 5.41) is 69.4. The van der Waals surface area contributed by atoms with Gasteiger partial charge in [0.25, 0.3) is 0 Å². The fourth-order valence-electron chi connectivity index (χ4n) is 4.12. The van der Waals surface area contributed by atoms with Crippen LogP contribution in [0.5, 0.6) is 28.7 Å². The van der Waals surface area contributed by atoms with Gasteiger partial charge >= 0.3 is 5.97 Å².